The molecule has 1 aromatic heterocycles. The molecular formula is C28H33NO6. The Balaban J connectivity index is 1.62. The maximum absolute atomic E-state index is 13.5. The normalized spacial score (nSPS) is 10.9. The van der Waals surface area contributed by atoms with Gasteiger partial charge in [0.05, 0.1) is 32.5 Å². The molecule has 3 aromatic rings. The zero-order valence-electron chi connectivity index (χ0n) is 20.6. The van der Waals surface area contributed by atoms with Gasteiger partial charge in [-0.25, -0.2) is 0 Å². The number of furan rings is 1. The first-order valence-corrected chi connectivity index (χ1v) is 11.9. The Kier molecular flexibility index (Phi) is 9.93. The second-order valence-corrected chi connectivity index (χ2v) is 8.21. The molecular weight excluding hydrogens is 446 g/mol. The number of hydrogen-bond donors (Lipinski definition) is 0. The average Bonchev–Trinajstić information content (AvgIpc) is 3.40. The van der Waals surface area contributed by atoms with Crippen molar-refractivity contribution in [1.29, 1.82) is 0 Å². The maximum Gasteiger partial charge on any atom is 0.308 e. The molecule has 0 aliphatic heterocycles. The molecule has 0 fully saturated rings. The minimum Gasteiger partial charge on any atom is -0.491 e. The largest absolute Gasteiger partial charge is 0.491 e. The Morgan fingerprint density at radius 3 is 2.54 bits per heavy atom. The molecule has 0 saturated heterocycles. The molecule has 0 radical (unpaired) electrons. The van der Waals surface area contributed by atoms with Gasteiger partial charge in [0.15, 0.2) is 0 Å². The van der Waals surface area contributed by atoms with Crippen molar-refractivity contribution in [1.82, 2.24) is 4.90 Å². The van der Waals surface area contributed by atoms with Gasteiger partial charge < -0.3 is 23.5 Å². The van der Waals surface area contributed by atoms with Gasteiger partial charge in [0, 0.05) is 29.3 Å². The van der Waals surface area contributed by atoms with Gasteiger partial charge in [-0.1, -0.05) is 30.3 Å². The van der Waals surface area contributed by atoms with Crippen molar-refractivity contribution in [3.8, 4) is 17.1 Å². The number of hydrogen-bond acceptors (Lipinski definition) is 6. The molecule has 0 aliphatic rings. The van der Waals surface area contributed by atoms with Crippen LogP contribution in [-0.4, -0.2) is 49.2 Å². The van der Waals surface area contributed by atoms with Crippen LogP contribution in [0.4, 0.5) is 0 Å². The number of carbonyl (C=O) groups is 2. The number of amides is 1. The third-order valence-corrected chi connectivity index (χ3v) is 5.35. The molecule has 0 atom stereocenters. The number of para-hydroxylation sites is 1. The molecule has 186 valence electrons. The Hall–Kier alpha value is -3.58. The van der Waals surface area contributed by atoms with Crippen LogP contribution in [0, 0.1) is 0 Å². The number of ether oxygens (including phenoxy) is 3. The van der Waals surface area contributed by atoms with Crippen molar-refractivity contribution in [2.45, 2.75) is 39.8 Å². The van der Waals surface area contributed by atoms with Gasteiger partial charge in [-0.3, -0.25) is 9.59 Å². The molecule has 3 rings (SSSR count). The van der Waals surface area contributed by atoms with E-state index in [9.17, 15) is 9.59 Å². The summed E-state index contributed by atoms with van der Waals surface area (Å²) in [7, 11) is 0. The van der Waals surface area contributed by atoms with E-state index >= 15 is 0 Å². The fraction of sp³-hybridized carbons (Fsp3) is 0.357. The van der Waals surface area contributed by atoms with Gasteiger partial charge in [0.2, 0.25) is 0 Å². The molecule has 2 aromatic carbocycles. The fourth-order valence-corrected chi connectivity index (χ4v) is 3.56. The number of benzene rings is 2. The quantitative estimate of drug-likeness (QED) is 0.243. The first-order chi connectivity index (χ1) is 17.0. The summed E-state index contributed by atoms with van der Waals surface area (Å²) in [5.41, 5.74) is 2.36. The highest BCUT2D eigenvalue weighted by molar-refractivity contribution is 5.95. The van der Waals surface area contributed by atoms with Crippen molar-refractivity contribution in [2.24, 2.45) is 0 Å². The average molecular weight is 480 g/mol. The van der Waals surface area contributed by atoms with Gasteiger partial charge in [-0.2, -0.15) is 0 Å². The predicted octanol–water partition coefficient (Wildman–Crippen LogP) is 5.35. The summed E-state index contributed by atoms with van der Waals surface area (Å²) in [6, 6.07) is 18.8. The molecule has 7 nitrogen and oxygen atoms in total. The van der Waals surface area contributed by atoms with E-state index in [0.717, 1.165) is 16.9 Å². The zero-order valence-corrected chi connectivity index (χ0v) is 20.6. The highest BCUT2D eigenvalue weighted by atomic mass is 16.5. The third-order valence-electron chi connectivity index (χ3n) is 5.35. The van der Waals surface area contributed by atoms with E-state index in [1.54, 1.807) is 13.2 Å². The van der Waals surface area contributed by atoms with E-state index in [1.165, 1.54) is 0 Å². The van der Waals surface area contributed by atoms with E-state index < -0.39 is 0 Å². The van der Waals surface area contributed by atoms with Gasteiger partial charge in [-0.15, -0.1) is 0 Å². The minimum absolute atomic E-state index is 0.0194. The van der Waals surface area contributed by atoms with Crippen molar-refractivity contribution >= 4 is 11.9 Å². The van der Waals surface area contributed by atoms with Crippen LogP contribution in [0.1, 0.15) is 43.1 Å². The van der Waals surface area contributed by atoms with Crippen LogP contribution >= 0.6 is 0 Å². The minimum atomic E-state index is -0.271. The first-order valence-electron chi connectivity index (χ1n) is 11.9. The summed E-state index contributed by atoms with van der Waals surface area (Å²) < 4.78 is 21.8. The molecule has 0 saturated carbocycles. The Labute approximate surface area is 206 Å². The van der Waals surface area contributed by atoms with Gasteiger partial charge >= 0.3 is 5.97 Å². The van der Waals surface area contributed by atoms with Crippen LogP contribution in [0.5, 0.6) is 5.75 Å². The summed E-state index contributed by atoms with van der Waals surface area (Å²) in [5, 5.41) is 0. The summed E-state index contributed by atoms with van der Waals surface area (Å²) in [6.07, 6.45) is 1.84. The summed E-state index contributed by atoms with van der Waals surface area (Å²) in [5.74, 6) is 1.08. The third kappa shape index (κ3) is 7.72. The van der Waals surface area contributed by atoms with Crippen molar-refractivity contribution in [2.75, 3.05) is 26.4 Å². The summed E-state index contributed by atoms with van der Waals surface area (Å²) in [6.45, 7) is 7.50. The number of carbonyl (C=O) groups excluding carboxylic acids is 2. The van der Waals surface area contributed by atoms with Crippen LogP contribution in [0.3, 0.4) is 0 Å². The highest BCUT2D eigenvalue weighted by Gasteiger charge is 2.21. The molecule has 35 heavy (non-hydrogen) atoms. The Morgan fingerprint density at radius 2 is 1.80 bits per heavy atom. The lowest BCUT2D eigenvalue weighted by atomic mass is 10.1. The van der Waals surface area contributed by atoms with E-state index in [1.807, 2.05) is 79.4 Å². The number of nitrogens with zero attached hydrogens (tertiary/aromatic N) is 1. The van der Waals surface area contributed by atoms with Crippen LogP contribution in [0.25, 0.3) is 11.3 Å². The van der Waals surface area contributed by atoms with Crippen LogP contribution < -0.4 is 4.74 Å². The van der Waals surface area contributed by atoms with Crippen LogP contribution in [0.2, 0.25) is 0 Å². The lowest BCUT2D eigenvalue weighted by Crippen LogP contribution is -2.36. The van der Waals surface area contributed by atoms with Crippen molar-refractivity contribution in [3.05, 3.63) is 78.1 Å². The standard InChI is InChI=1S/C28H33NO6/c1-4-33-27(30)14-16-32-17-18-35-26-12-6-5-9-24(26)20-29(21(2)3)28(31)23-11-7-10-22(19-23)25-13-8-15-34-25/h5-13,15,19,21H,4,14,16-18,20H2,1-3H3. The molecule has 0 unspecified atom stereocenters. The second kappa shape index (κ2) is 13.3. The summed E-state index contributed by atoms with van der Waals surface area (Å²) in [4.78, 5) is 26.6. The van der Waals surface area contributed by atoms with E-state index in [0.29, 0.717) is 37.7 Å². The fourth-order valence-electron chi connectivity index (χ4n) is 3.56. The molecule has 1 amide bonds. The van der Waals surface area contributed by atoms with E-state index in [2.05, 4.69) is 0 Å². The SMILES string of the molecule is CCOC(=O)CCOCCOc1ccccc1CN(C(=O)c1cccc(-c2ccco2)c1)C(C)C. The zero-order chi connectivity index (χ0) is 25.0. The molecule has 0 bridgehead atoms. The topological polar surface area (TPSA) is 78.2 Å². The van der Waals surface area contributed by atoms with E-state index in [-0.39, 0.29) is 30.9 Å². The van der Waals surface area contributed by atoms with Crippen LogP contribution in [0.15, 0.2) is 71.3 Å². The molecule has 1 heterocycles. The highest BCUT2D eigenvalue weighted by Crippen LogP contribution is 2.25. The molecule has 7 heteroatoms. The van der Waals surface area contributed by atoms with Crippen molar-refractivity contribution < 1.29 is 28.2 Å². The lowest BCUT2D eigenvalue weighted by molar-refractivity contribution is -0.144. The maximum atomic E-state index is 13.5. The van der Waals surface area contributed by atoms with E-state index in [4.69, 9.17) is 18.6 Å². The van der Waals surface area contributed by atoms with Crippen molar-refractivity contribution in [3.63, 3.8) is 0 Å². The molecule has 0 spiro atoms. The van der Waals surface area contributed by atoms with Gasteiger partial charge in [0.1, 0.15) is 18.1 Å². The predicted molar refractivity (Wildman–Crippen MR) is 133 cm³/mol. The monoisotopic (exact) mass is 479 g/mol. The Bertz CT molecular complexity index is 1080. The first kappa shape index (κ1) is 26.0. The molecule has 0 aliphatic carbocycles. The van der Waals surface area contributed by atoms with Gasteiger partial charge in [-0.05, 0) is 51.1 Å². The summed E-state index contributed by atoms with van der Waals surface area (Å²) >= 11 is 0. The molecule has 0 N–H and O–H groups in total. The second-order valence-electron chi connectivity index (χ2n) is 8.21. The lowest BCUT2D eigenvalue weighted by Gasteiger charge is -2.28. The smallest absolute Gasteiger partial charge is 0.308 e. The van der Waals surface area contributed by atoms with Crippen LogP contribution in [-0.2, 0) is 20.8 Å². The number of esters is 1. The Morgan fingerprint density at radius 1 is 0.971 bits per heavy atom. The number of rotatable bonds is 13. The van der Waals surface area contributed by atoms with Gasteiger partial charge in [0.25, 0.3) is 5.91 Å².